The van der Waals surface area contributed by atoms with Gasteiger partial charge in [-0.25, -0.2) is 4.98 Å². The van der Waals surface area contributed by atoms with Crippen LogP contribution in [0.3, 0.4) is 0 Å². The van der Waals surface area contributed by atoms with E-state index in [9.17, 15) is 0 Å². The Labute approximate surface area is 418 Å². The van der Waals surface area contributed by atoms with Crippen molar-refractivity contribution in [2.24, 2.45) is 0 Å². The first-order chi connectivity index (χ1) is 34.3. The lowest BCUT2D eigenvalue weighted by atomic mass is 9.77. The quantitative estimate of drug-likeness (QED) is 0.0957. The third-order valence-electron chi connectivity index (χ3n) is 14.3. The molecule has 3 heterocycles. The third kappa shape index (κ3) is 8.63. The van der Waals surface area contributed by atoms with Gasteiger partial charge in [0.05, 0.1) is 28.1 Å². The number of rotatable bonds is 11. The van der Waals surface area contributed by atoms with Crippen LogP contribution in [0.2, 0.25) is 0 Å². The van der Waals surface area contributed by atoms with Gasteiger partial charge in [-0.2, -0.15) is 0 Å². The Kier molecular flexibility index (Phi) is 11.4. The number of fused-ring (bicyclic) bond motifs is 3. The van der Waals surface area contributed by atoms with E-state index >= 15 is 0 Å². The minimum Gasteiger partial charge on any atom is -0.458 e. The van der Waals surface area contributed by atoms with Crippen LogP contribution >= 0.6 is 0 Å². The summed E-state index contributed by atoms with van der Waals surface area (Å²) in [5, 5.41) is 2.31. The molecule has 0 radical (unpaired) electrons. The first kappa shape index (κ1) is 45.2. The smallest absolute Gasteiger partial charge is 0.269 e. The minimum absolute atomic E-state index is 0.0345. The number of ether oxygens (including phenoxy) is 1. The van der Waals surface area contributed by atoms with Crippen molar-refractivity contribution in [3.8, 4) is 50.9 Å². The predicted molar refractivity (Wildman–Crippen MR) is 291 cm³/mol. The summed E-state index contributed by atoms with van der Waals surface area (Å²) in [6.45, 7) is 16.0. The van der Waals surface area contributed by atoms with Crippen molar-refractivity contribution in [2.45, 2.75) is 64.7 Å². The molecule has 11 aromatic rings. The highest BCUT2D eigenvalue weighted by atomic mass is 16.5. The van der Waals surface area contributed by atoms with E-state index in [1.165, 1.54) is 27.6 Å². The molecule has 0 aliphatic rings. The predicted octanol–water partition coefficient (Wildman–Crippen LogP) is 16.1. The number of pyridine rings is 1. The van der Waals surface area contributed by atoms with E-state index in [0.717, 1.165) is 67.3 Å². The van der Waals surface area contributed by atoms with E-state index in [1.54, 1.807) is 0 Å². The van der Waals surface area contributed by atoms with Gasteiger partial charge in [0.15, 0.2) is 0 Å². The second-order valence-corrected chi connectivity index (χ2v) is 20.8. The van der Waals surface area contributed by atoms with Crippen LogP contribution in [0.4, 0.5) is 0 Å². The summed E-state index contributed by atoms with van der Waals surface area (Å²) in [6, 6.07) is 75.6. The number of imidazole rings is 1. The molecule has 5 heteroatoms. The fourth-order valence-electron chi connectivity index (χ4n) is 10.0. The van der Waals surface area contributed by atoms with Gasteiger partial charge in [0, 0.05) is 40.1 Å². The van der Waals surface area contributed by atoms with E-state index in [2.05, 4.69) is 287 Å². The number of aromatic nitrogens is 4. The Morgan fingerprint density at radius 3 is 1.70 bits per heavy atom. The van der Waals surface area contributed by atoms with Crippen LogP contribution < -0.4 is 9.30 Å². The molecule has 8 aromatic carbocycles. The zero-order valence-corrected chi connectivity index (χ0v) is 41.6. The largest absolute Gasteiger partial charge is 0.458 e. The van der Waals surface area contributed by atoms with Crippen LogP contribution in [0.1, 0.15) is 76.4 Å². The standard InChI is InChI=1S/C66H58N4O/c1-64(2,3)52-34-35-67-63(41-52)70-60-31-21-20-30-58(60)59-33-32-56(43-61(59)70)71-57-39-49(47-24-14-9-15-25-47)38-55(42-57)69-45-68(44-62(69)66(6,7)51-28-18-11-19-29-51)54-37-48(46-22-12-8-13-23-46)36-53(40-54)65(4,5)50-26-16-10-17-27-50/h8-44H,1-7H3. The van der Waals surface area contributed by atoms with Gasteiger partial charge in [-0.1, -0.05) is 194 Å². The van der Waals surface area contributed by atoms with Crippen LogP contribution in [-0.4, -0.2) is 14.1 Å². The topological polar surface area (TPSA) is 35.9 Å². The van der Waals surface area contributed by atoms with Crippen molar-refractivity contribution < 1.29 is 9.30 Å². The Bertz CT molecular complexity index is 3690. The van der Waals surface area contributed by atoms with Crippen molar-refractivity contribution in [2.75, 3.05) is 0 Å². The fraction of sp³-hybridized carbons (Fsp3) is 0.152. The average molecular weight is 923 g/mol. The number of benzene rings is 8. The van der Waals surface area contributed by atoms with Crippen molar-refractivity contribution in [3.05, 3.63) is 259 Å². The molecule has 0 fully saturated rings. The van der Waals surface area contributed by atoms with Crippen LogP contribution in [-0.2, 0) is 16.2 Å². The first-order valence-electron chi connectivity index (χ1n) is 24.6. The van der Waals surface area contributed by atoms with E-state index in [1.807, 2.05) is 6.20 Å². The second-order valence-electron chi connectivity index (χ2n) is 20.8. The van der Waals surface area contributed by atoms with Crippen molar-refractivity contribution in [3.63, 3.8) is 0 Å². The van der Waals surface area contributed by atoms with Gasteiger partial charge in [-0.3, -0.25) is 13.7 Å². The highest BCUT2D eigenvalue weighted by Gasteiger charge is 2.30. The summed E-state index contributed by atoms with van der Waals surface area (Å²) in [6.07, 6.45) is 8.09. The molecule has 0 bridgehead atoms. The Morgan fingerprint density at radius 1 is 0.451 bits per heavy atom. The maximum atomic E-state index is 7.07. The highest BCUT2D eigenvalue weighted by molar-refractivity contribution is 6.09. The maximum absolute atomic E-state index is 7.07. The molecule has 348 valence electrons. The number of hydrogen-bond donors (Lipinski definition) is 0. The fourth-order valence-corrected chi connectivity index (χ4v) is 10.0. The molecular weight excluding hydrogens is 865 g/mol. The minimum atomic E-state index is -0.438. The molecule has 11 rings (SSSR count). The van der Waals surface area contributed by atoms with Crippen LogP contribution in [0.25, 0.3) is 61.3 Å². The molecule has 5 nitrogen and oxygen atoms in total. The Balaban J connectivity index is 1.09. The van der Waals surface area contributed by atoms with Gasteiger partial charge in [-0.05, 0) is 111 Å². The van der Waals surface area contributed by atoms with Crippen LogP contribution in [0.15, 0.2) is 225 Å². The molecular formula is C66H58N4O. The molecule has 0 saturated heterocycles. The average Bonchev–Trinajstić information content (AvgIpc) is 4.00. The molecule has 0 aliphatic heterocycles. The van der Waals surface area contributed by atoms with Gasteiger partial charge in [0.25, 0.3) is 6.33 Å². The van der Waals surface area contributed by atoms with E-state index in [4.69, 9.17) is 9.72 Å². The van der Waals surface area contributed by atoms with Crippen molar-refractivity contribution >= 4 is 21.8 Å². The summed E-state index contributed by atoms with van der Waals surface area (Å²) >= 11 is 0. The lowest BCUT2D eigenvalue weighted by molar-refractivity contribution is -0.599. The number of nitrogens with zero attached hydrogens (tertiary/aromatic N) is 4. The van der Waals surface area contributed by atoms with Gasteiger partial charge in [0.2, 0.25) is 0 Å². The van der Waals surface area contributed by atoms with E-state index < -0.39 is 5.41 Å². The summed E-state index contributed by atoms with van der Waals surface area (Å²) in [5.74, 6) is 2.32. The van der Waals surface area contributed by atoms with Gasteiger partial charge in [-0.15, -0.1) is 0 Å². The summed E-state index contributed by atoms with van der Waals surface area (Å²) in [7, 11) is 0. The van der Waals surface area contributed by atoms with Crippen molar-refractivity contribution in [1.29, 1.82) is 0 Å². The molecule has 0 saturated carbocycles. The van der Waals surface area contributed by atoms with Gasteiger partial charge in [0.1, 0.15) is 17.3 Å². The third-order valence-corrected chi connectivity index (χ3v) is 14.3. The van der Waals surface area contributed by atoms with Gasteiger partial charge >= 0.3 is 0 Å². The monoisotopic (exact) mass is 922 g/mol. The molecule has 0 amide bonds. The lowest BCUT2D eigenvalue weighted by Gasteiger charge is -2.28. The maximum Gasteiger partial charge on any atom is 0.269 e. The number of para-hydroxylation sites is 1. The van der Waals surface area contributed by atoms with E-state index in [-0.39, 0.29) is 10.8 Å². The molecule has 71 heavy (non-hydrogen) atoms. The SMILES string of the molecule is CC(C)(C)c1ccnc(-n2c3ccccc3c3ccc(Oc4cc(-c5ccccc5)cc(-n5[c-][n+](-c6cc(-c7ccccc7)cc(C(C)(C)c7ccccc7)c6)cc5C(C)(C)c5ccccc5)c4)cc32)c1. The zero-order chi connectivity index (χ0) is 48.9. The summed E-state index contributed by atoms with van der Waals surface area (Å²) in [5.41, 5.74) is 13.7. The van der Waals surface area contributed by atoms with E-state index in [0.29, 0.717) is 5.75 Å². The number of hydrogen-bond acceptors (Lipinski definition) is 2. The Morgan fingerprint density at radius 2 is 1.04 bits per heavy atom. The zero-order valence-electron chi connectivity index (χ0n) is 41.6. The first-order valence-corrected chi connectivity index (χ1v) is 24.6. The van der Waals surface area contributed by atoms with Gasteiger partial charge < -0.3 is 4.74 Å². The molecule has 0 unspecified atom stereocenters. The summed E-state index contributed by atoms with van der Waals surface area (Å²) < 4.78 is 13.8. The molecule has 0 N–H and O–H groups in total. The summed E-state index contributed by atoms with van der Waals surface area (Å²) in [4.78, 5) is 4.94. The van der Waals surface area contributed by atoms with Crippen LogP contribution in [0, 0.1) is 6.33 Å². The van der Waals surface area contributed by atoms with Crippen LogP contribution in [0.5, 0.6) is 11.5 Å². The second kappa shape index (κ2) is 17.9. The highest BCUT2D eigenvalue weighted by Crippen LogP contribution is 2.40. The molecule has 3 aromatic heterocycles. The van der Waals surface area contributed by atoms with Crippen molar-refractivity contribution in [1.82, 2.24) is 14.1 Å². The lowest BCUT2D eigenvalue weighted by Crippen LogP contribution is -2.30. The Hall–Kier alpha value is -8.28. The normalized spacial score (nSPS) is 12.2. The molecule has 0 aliphatic carbocycles. The molecule has 0 atom stereocenters. The molecule has 0 spiro atoms.